The Kier molecular flexibility index (Phi) is 3.97. The van der Waals surface area contributed by atoms with Crippen LogP contribution in [0.25, 0.3) is 0 Å². The predicted molar refractivity (Wildman–Crippen MR) is 63.4 cm³/mol. The van der Waals surface area contributed by atoms with Crippen LogP contribution in [-0.4, -0.2) is 20.3 Å². The fraction of sp³-hybridized carbons (Fsp3) is 0.538. The van der Waals surface area contributed by atoms with E-state index in [-0.39, 0.29) is 17.6 Å². The first kappa shape index (κ1) is 12.3. The highest BCUT2D eigenvalue weighted by molar-refractivity contribution is 5.37. The number of nitrogens with two attached hydrogens (primary N) is 1. The Hall–Kier alpha value is -1.13. The van der Waals surface area contributed by atoms with E-state index in [1.165, 1.54) is 13.2 Å². The van der Waals surface area contributed by atoms with Crippen LogP contribution in [0.4, 0.5) is 4.39 Å². The van der Waals surface area contributed by atoms with Crippen molar-refractivity contribution in [2.75, 3.05) is 20.3 Å². The van der Waals surface area contributed by atoms with Crippen LogP contribution in [0.2, 0.25) is 0 Å². The molecule has 1 saturated heterocycles. The summed E-state index contributed by atoms with van der Waals surface area (Å²) in [5.41, 5.74) is 6.96. The molecule has 1 atom stereocenters. The van der Waals surface area contributed by atoms with Gasteiger partial charge in [0.25, 0.3) is 0 Å². The van der Waals surface area contributed by atoms with Gasteiger partial charge in [0.2, 0.25) is 0 Å². The summed E-state index contributed by atoms with van der Waals surface area (Å²) in [6.45, 7) is 1.46. The summed E-state index contributed by atoms with van der Waals surface area (Å²) in [7, 11) is 1.47. The zero-order valence-electron chi connectivity index (χ0n) is 9.99. The van der Waals surface area contributed by atoms with E-state index in [1.54, 1.807) is 6.07 Å². The van der Waals surface area contributed by atoms with E-state index >= 15 is 0 Å². The number of hydrogen-bond acceptors (Lipinski definition) is 3. The monoisotopic (exact) mass is 239 g/mol. The third-order valence-electron chi connectivity index (χ3n) is 3.33. The summed E-state index contributed by atoms with van der Waals surface area (Å²) in [6, 6.07) is 4.71. The molecule has 1 heterocycles. The van der Waals surface area contributed by atoms with E-state index in [9.17, 15) is 4.39 Å². The van der Waals surface area contributed by atoms with Crippen molar-refractivity contribution in [2.24, 2.45) is 11.7 Å². The highest BCUT2D eigenvalue weighted by Crippen LogP contribution is 2.34. The van der Waals surface area contributed by atoms with Crippen molar-refractivity contribution >= 4 is 0 Å². The molecule has 1 aromatic rings. The van der Waals surface area contributed by atoms with Crippen LogP contribution >= 0.6 is 0 Å². The van der Waals surface area contributed by atoms with Gasteiger partial charge < -0.3 is 15.2 Å². The van der Waals surface area contributed by atoms with Gasteiger partial charge in [-0.2, -0.15) is 0 Å². The van der Waals surface area contributed by atoms with Gasteiger partial charge in [-0.15, -0.1) is 0 Å². The fourth-order valence-electron chi connectivity index (χ4n) is 2.33. The van der Waals surface area contributed by atoms with Gasteiger partial charge in [0.05, 0.1) is 7.11 Å². The summed E-state index contributed by atoms with van der Waals surface area (Å²) in [5.74, 6) is 0.249. The minimum Gasteiger partial charge on any atom is -0.493 e. The lowest BCUT2D eigenvalue weighted by atomic mass is 9.87. The standard InChI is InChI=1S/C13H18FNO2/c1-16-13-10(3-2-4-11(13)14)12(15)9-5-7-17-8-6-9/h2-4,9,12H,5-8,15H2,1H3/t12-/m0/s1. The molecule has 2 N–H and O–H groups in total. The molecule has 2 rings (SSSR count). The molecule has 3 nitrogen and oxygen atoms in total. The molecule has 0 spiro atoms. The zero-order valence-corrected chi connectivity index (χ0v) is 9.99. The van der Waals surface area contributed by atoms with Gasteiger partial charge in [-0.05, 0) is 24.8 Å². The van der Waals surface area contributed by atoms with Gasteiger partial charge in [0, 0.05) is 24.8 Å². The van der Waals surface area contributed by atoms with Gasteiger partial charge in [-0.1, -0.05) is 12.1 Å². The summed E-state index contributed by atoms with van der Waals surface area (Å²) in [5, 5.41) is 0. The first-order valence-corrected chi connectivity index (χ1v) is 5.89. The highest BCUT2D eigenvalue weighted by atomic mass is 19.1. The predicted octanol–water partition coefficient (Wildman–Crippen LogP) is 2.26. The number of benzene rings is 1. The lowest BCUT2D eigenvalue weighted by Gasteiger charge is -2.28. The SMILES string of the molecule is COc1c(F)cccc1[C@@H](N)C1CCOCC1. The number of para-hydroxylation sites is 1. The molecule has 1 fully saturated rings. The second-order valence-corrected chi connectivity index (χ2v) is 4.34. The van der Waals surface area contributed by atoms with Gasteiger partial charge in [0.1, 0.15) is 0 Å². The minimum atomic E-state index is -0.354. The normalized spacial score (nSPS) is 19.0. The average Bonchev–Trinajstić information content (AvgIpc) is 2.38. The Morgan fingerprint density at radius 2 is 2.12 bits per heavy atom. The molecular weight excluding hydrogens is 221 g/mol. The van der Waals surface area contributed by atoms with Crippen LogP contribution in [0.15, 0.2) is 18.2 Å². The van der Waals surface area contributed by atoms with Crippen molar-refractivity contribution in [1.29, 1.82) is 0 Å². The van der Waals surface area contributed by atoms with E-state index in [0.29, 0.717) is 5.92 Å². The van der Waals surface area contributed by atoms with Gasteiger partial charge in [-0.3, -0.25) is 0 Å². The van der Waals surface area contributed by atoms with Crippen molar-refractivity contribution in [2.45, 2.75) is 18.9 Å². The summed E-state index contributed by atoms with van der Waals surface area (Å²) in [6.07, 6.45) is 1.83. The summed E-state index contributed by atoms with van der Waals surface area (Å²) in [4.78, 5) is 0. The van der Waals surface area contributed by atoms with Crippen LogP contribution in [0.3, 0.4) is 0 Å². The van der Waals surface area contributed by atoms with Gasteiger partial charge >= 0.3 is 0 Å². The number of hydrogen-bond donors (Lipinski definition) is 1. The summed E-state index contributed by atoms with van der Waals surface area (Å²) >= 11 is 0. The molecule has 0 amide bonds. The molecule has 1 aliphatic rings. The molecular formula is C13H18FNO2. The number of rotatable bonds is 3. The van der Waals surface area contributed by atoms with Gasteiger partial charge in [0.15, 0.2) is 11.6 Å². The van der Waals surface area contributed by atoms with E-state index in [2.05, 4.69) is 0 Å². The molecule has 0 aliphatic carbocycles. The van der Waals surface area contributed by atoms with Crippen molar-refractivity contribution in [3.05, 3.63) is 29.6 Å². The van der Waals surface area contributed by atoms with Crippen LogP contribution in [-0.2, 0) is 4.74 Å². The first-order valence-electron chi connectivity index (χ1n) is 5.89. The molecule has 0 bridgehead atoms. The second-order valence-electron chi connectivity index (χ2n) is 4.34. The maximum Gasteiger partial charge on any atom is 0.165 e. The second kappa shape index (κ2) is 5.47. The average molecular weight is 239 g/mol. The Labute approximate surface area is 101 Å². The lowest BCUT2D eigenvalue weighted by Crippen LogP contribution is -2.27. The zero-order chi connectivity index (χ0) is 12.3. The fourth-order valence-corrected chi connectivity index (χ4v) is 2.33. The maximum atomic E-state index is 13.6. The number of methoxy groups -OCH3 is 1. The molecule has 1 aromatic carbocycles. The van der Waals surface area contributed by atoms with Crippen LogP contribution in [0.1, 0.15) is 24.4 Å². The number of halogens is 1. The molecule has 0 saturated carbocycles. The number of ether oxygens (including phenoxy) is 2. The molecule has 0 aromatic heterocycles. The Morgan fingerprint density at radius 1 is 1.41 bits per heavy atom. The quantitative estimate of drug-likeness (QED) is 0.880. The smallest absolute Gasteiger partial charge is 0.165 e. The van der Waals surface area contributed by atoms with Crippen molar-refractivity contribution < 1.29 is 13.9 Å². The van der Waals surface area contributed by atoms with E-state index in [0.717, 1.165) is 31.6 Å². The van der Waals surface area contributed by atoms with Crippen molar-refractivity contribution in [1.82, 2.24) is 0 Å². The topological polar surface area (TPSA) is 44.5 Å². The molecule has 0 unspecified atom stereocenters. The molecule has 94 valence electrons. The third kappa shape index (κ3) is 2.58. The largest absolute Gasteiger partial charge is 0.493 e. The van der Waals surface area contributed by atoms with Crippen molar-refractivity contribution in [3.63, 3.8) is 0 Å². The first-order chi connectivity index (χ1) is 8.24. The van der Waals surface area contributed by atoms with E-state index < -0.39 is 0 Å². The van der Waals surface area contributed by atoms with Crippen molar-refractivity contribution in [3.8, 4) is 5.75 Å². The van der Waals surface area contributed by atoms with Crippen LogP contribution in [0.5, 0.6) is 5.75 Å². The van der Waals surface area contributed by atoms with Crippen LogP contribution in [0, 0.1) is 11.7 Å². The Morgan fingerprint density at radius 3 is 2.76 bits per heavy atom. The molecule has 1 aliphatic heterocycles. The third-order valence-corrected chi connectivity index (χ3v) is 3.33. The van der Waals surface area contributed by atoms with Crippen LogP contribution < -0.4 is 10.5 Å². The highest BCUT2D eigenvalue weighted by Gasteiger charge is 2.25. The lowest BCUT2D eigenvalue weighted by molar-refractivity contribution is 0.0580. The Bertz CT molecular complexity index is 378. The minimum absolute atomic E-state index is 0.190. The van der Waals surface area contributed by atoms with E-state index in [4.69, 9.17) is 15.2 Å². The molecule has 4 heteroatoms. The Balaban J connectivity index is 2.23. The molecule has 0 radical (unpaired) electrons. The molecule has 17 heavy (non-hydrogen) atoms. The van der Waals surface area contributed by atoms with Gasteiger partial charge in [-0.25, -0.2) is 4.39 Å². The van der Waals surface area contributed by atoms with E-state index in [1.807, 2.05) is 6.07 Å². The maximum absolute atomic E-state index is 13.6. The summed E-state index contributed by atoms with van der Waals surface area (Å²) < 4.78 is 24.0.